The maximum Gasteiger partial charge on any atom is 0.339 e. The first kappa shape index (κ1) is 28.2. The van der Waals surface area contributed by atoms with Crippen LogP contribution in [-0.2, 0) is 4.79 Å². The van der Waals surface area contributed by atoms with Gasteiger partial charge in [0.1, 0.15) is 0 Å². The second kappa shape index (κ2) is 11.1. The van der Waals surface area contributed by atoms with E-state index in [4.69, 9.17) is 34.8 Å². The summed E-state index contributed by atoms with van der Waals surface area (Å²) in [6, 6.07) is 17.6. The average Bonchev–Trinajstić information content (AvgIpc) is 3.11. The maximum atomic E-state index is 14.6. The van der Waals surface area contributed by atoms with Crippen LogP contribution in [0.25, 0.3) is 0 Å². The van der Waals surface area contributed by atoms with Crippen molar-refractivity contribution in [3.63, 3.8) is 0 Å². The van der Waals surface area contributed by atoms with Gasteiger partial charge >= 0.3 is 23.8 Å². The first-order valence-electron chi connectivity index (χ1n) is 11.7. The van der Waals surface area contributed by atoms with E-state index in [-0.39, 0.29) is 17.1 Å². The molecule has 3 aromatic rings. The third kappa shape index (κ3) is 5.25. The van der Waals surface area contributed by atoms with Gasteiger partial charge in [0.2, 0.25) is 0 Å². The lowest BCUT2D eigenvalue weighted by Gasteiger charge is -2.41. The van der Waals surface area contributed by atoms with Crippen molar-refractivity contribution in [3.8, 4) is 0 Å². The van der Waals surface area contributed by atoms with Crippen molar-refractivity contribution >= 4 is 76.2 Å². The Balaban J connectivity index is 2.09. The van der Waals surface area contributed by atoms with Gasteiger partial charge in [0, 0.05) is 43.3 Å². The molecule has 1 heterocycles. The van der Waals surface area contributed by atoms with Crippen LogP contribution in [0.1, 0.15) is 0 Å². The van der Waals surface area contributed by atoms with Crippen molar-refractivity contribution in [3.05, 3.63) is 87.9 Å². The second-order valence-electron chi connectivity index (χ2n) is 9.04. The zero-order valence-electron chi connectivity index (χ0n) is 21.5. The summed E-state index contributed by atoms with van der Waals surface area (Å²) in [6.45, 7) is 0. The Labute approximate surface area is 241 Å². The van der Waals surface area contributed by atoms with Crippen LogP contribution in [0.3, 0.4) is 0 Å². The number of urea groups is 2. The van der Waals surface area contributed by atoms with Crippen molar-refractivity contribution in [2.75, 3.05) is 42.9 Å². The Kier molecular flexibility index (Phi) is 8.06. The summed E-state index contributed by atoms with van der Waals surface area (Å²) in [5.41, 5.74) is 0.825. The minimum absolute atomic E-state index is 0.253. The van der Waals surface area contributed by atoms with E-state index < -0.39 is 23.8 Å². The van der Waals surface area contributed by atoms with Crippen molar-refractivity contribution in [1.82, 2.24) is 9.80 Å². The highest BCUT2D eigenvalue weighted by Crippen LogP contribution is 2.42. The van der Waals surface area contributed by atoms with Gasteiger partial charge in [0.15, 0.2) is 0 Å². The summed E-state index contributed by atoms with van der Waals surface area (Å²) in [5, 5.41) is 1.27. The molecule has 0 aliphatic carbocycles. The van der Waals surface area contributed by atoms with E-state index in [2.05, 4.69) is 4.99 Å². The van der Waals surface area contributed by atoms with Gasteiger partial charge in [0.25, 0.3) is 0 Å². The number of carbonyl (C=O) groups excluding carboxylic acids is 3. The Morgan fingerprint density at radius 2 is 1.23 bits per heavy atom. The molecule has 0 N–H and O–H groups in total. The minimum atomic E-state index is -2.22. The Hall–Kier alpha value is -3.79. The van der Waals surface area contributed by atoms with Crippen LogP contribution < -0.4 is 14.7 Å². The minimum Gasteiger partial charge on any atom is -0.369 e. The highest BCUT2D eigenvalue weighted by molar-refractivity contribution is 6.34. The molecule has 202 valence electrons. The fraction of sp³-hybridized carbons (Fsp3) is 0.185. The van der Waals surface area contributed by atoms with Gasteiger partial charge in [-0.05, 0) is 72.8 Å². The lowest BCUT2D eigenvalue weighted by molar-refractivity contribution is -0.121. The van der Waals surface area contributed by atoms with Crippen LogP contribution in [0.15, 0.2) is 77.8 Å². The molecule has 1 unspecified atom stereocenters. The Morgan fingerprint density at radius 1 is 0.769 bits per heavy atom. The third-order valence-corrected chi connectivity index (χ3v) is 6.55. The number of imide groups is 1. The number of carbonyl (C=O) groups is 3. The summed E-state index contributed by atoms with van der Waals surface area (Å²) in [6.07, 6.45) is 1.38. The number of nitrogens with zero attached hydrogens (tertiary/aromatic N) is 6. The number of anilines is 3. The monoisotopic (exact) mass is 586 g/mol. The molecule has 0 saturated carbocycles. The molecular weight excluding hydrogens is 563 g/mol. The number of benzene rings is 3. The van der Waals surface area contributed by atoms with Gasteiger partial charge in [-0.15, -0.1) is 0 Å². The van der Waals surface area contributed by atoms with Crippen LogP contribution in [0.2, 0.25) is 15.1 Å². The first-order chi connectivity index (χ1) is 18.5. The van der Waals surface area contributed by atoms with E-state index in [1.807, 2.05) is 0 Å². The van der Waals surface area contributed by atoms with Crippen LogP contribution in [0.5, 0.6) is 0 Å². The molecule has 0 aromatic heterocycles. The first-order valence-corrected chi connectivity index (χ1v) is 12.8. The highest BCUT2D eigenvalue weighted by atomic mass is 35.5. The van der Waals surface area contributed by atoms with E-state index in [0.717, 1.165) is 4.90 Å². The third-order valence-electron chi connectivity index (χ3n) is 5.79. The largest absolute Gasteiger partial charge is 0.369 e. The number of rotatable bonds is 6. The van der Waals surface area contributed by atoms with Gasteiger partial charge in [-0.1, -0.05) is 34.8 Å². The number of amides is 5. The summed E-state index contributed by atoms with van der Waals surface area (Å²) in [5.74, 6) is -3.00. The standard InChI is InChI=1S/C27H25Cl3N6O3/c1-32(2)17-31-27(35(25(38)33(3)4)22-13-7-19(29)8-14-22)24(37)34(21-11-5-18(28)6-12-21)26(39)36(27)23-15-9-20(30)10-16-23/h5-17H,1-4H3/b31-17+. The van der Waals surface area contributed by atoms with Crippen molar-refractivity contribution in [2.24, 2.45) is 4.99 Å². The van der Waals surface area contributed by atoms with Gasteiger partial charge in [-0.3, -0.25) is 4.79 Å². The molecule has 1 saturated heterocycles. The van der Waals surface area contributed by atoms with Crippen LogP contribution in [0, 0.1) is 0 Å². The molecule has 0 radical (unpaired) electrons. The molecule has 9 nitrogen and oxygen atoms in total. The predicted octanol–water partition coefficient (Wildman–Crippen LogP) is 6.05. The number of hydrogen-bond donors (Lipinski definition) is 0. The van der Waals surface area contributed by atoms with Gasteiger partial charge in [-0.2, -0.15) is 0 Å². The van der Waals surface area contributed by atoms with Crippen molar-refractivity contribution in [1.29, 1.82) is 0 Å². The summed E-state index contributed by atoms with van der Waals surface area (Å²) in [4.78, 5) is 53.7. The molecule has 1 aliphatic heterocycles. The molecule has 1 atom stereocenters. The SMILES string of the molecule is CN(C)/C=N/C1(N(C(=O)N(C)C)c2ccc(Cl)cc2)C(=O)N(c2ccc(Cl)cc2)C(=O)N1c1ccc(Cl)cc1. The second-order valence-corrected chi connectivity index (χ2v) is 10.4. The fourth-order valence-electron chi connectivity index (χ4n) is 4.04. The molecule has 5 amide bonds. The van der Waals surface area contributed by atoms with Crippen molar-refractivity contribution in [2.45, 2.75) is 5.79 Å². The fourth-order valence-corrected chi connectivity index (χ4v) is 4.42. The molecule has 12 heteroatoms. The number of halogens is 3. The number of hydrogen-bond acceptors (Lipinski definition) is 4. The lowest BCUT2D eigenvalue weighted by Crippen LogP contribution is -2.65. The molecule has 0 spiro atoms. The zero-order chi connectivity index (χ0) is 28.5. The smallest absolute Gasteiger partial charge is 0.339 e. The summed E-state index contributed by atoms with van der Waals surface area (Å²) < 4.78 is 0. The van der Waals surface area contributed by atoms with Crippen LogP contribution in [-0.4, -0.2) is 68.1 Å². The summed E-state index contributed by atoms with van der Waals surface area (Å²) >= 11 is 18.4. The molecule has 3 aromatic carbocycles. The molecule has 4 rings (SSSR count). The molecule has 1 aliphatic rings. The number of aliphatic imine (C=N–C) groups is 1. The van der Waals surface area contributed by atoms with Gasteiger partial charge in [0.05, 0.1) is 23.4 Å². The Morgan fingerprint density at radius 3 is 1.69 bits per heavy atom. The van der Waals surface area contributed by atoms with E-state index in [9.17, 15) is 14.4 Å². The van der Waals surface area contributed by atoms with Crippen molar-refractivity contribution < 1.29 is 14.4 Å². The molecule has 0 bridgehead atoms. The lowest BCUT2D eigenvalue weighted by atomic mass is 10.1. The molecule has 1 fully saturated rings. The van der Waals surface area contributed by atoms with Crippen LogP contribution in [0.4, 0.5) is 26.7 Å². The zero-order valence-corrected chi connectivity index (χ0v) is 23.8. The average molecular weight is 588 g/mol. The predicted molar refractivity (Wildman–Crippen MR) is 156 cm³/mol. The normalized spacial score (nSPS) is 17.2. The molecular formula is C27H25Cl3N6O3. The quantitative estimate of drug-likeness (QED) is 0.200. The summed E-state index contributed by atoms with van der Waals surface area (Å²) in [7, 11) is 6.50. The Bertz CT molecular complexity index is 1410. The van der Waals surface area contributed by atoms with E-state index in [1.54, 1.807) is 106 Å². The van der Waals surface area contributed by atoms with Gasteiger partial charge < -0.3 is 9.80 Å². The van der Waals surface area contributed by atoms with Crippen LogP contribution >= 0.6 is 34.8 Å². The van der Waals surface area contributed by atoms with E-state index >= 15 is 0 Å². The van der Waals surface area contributed by atoms with Gasteiger partial charge in [-0.25, -0.2) is 29.3 Å². The van der Waals surface area contributed by atoms with E-state index in [1.165, 1.54) is 21.0 Å². The maximum absolute atomic E-state index is 14.6. The van der Waals surface area contributed by atoms with E-state index in [0.29, 0.717) is 15.1 Å². The highest BCUT2D eigenvalue weighted by Gasteiger charge is 2.64. The molecule has 39 heavy (non-hydrogen) atoms. The topological polar surface area (TPSA) is 79.8 Å².